The number of amides is 1. The normalized spacial score (nSPS) is 19.4. The van der Waals surface area contributed by atoms with Gasteiger partial charge < -0.3 is 15.2 Å². The summed E-state index contributed by atoms with van der Waals surface area (Å²) in [5.41, 5.74) is 9.09. The topological polar surface area (TPSA) is 108 Å². The molecule has 1 amide bonds. The molecule has 2 atom stereocenters. The number of aromatic nitrogens is 2. The Labute approximate surface area is 235 Å². The van der Waals surface area contributed by atoms with Crippen molar-refractivity contribution in [2.75, 3.05) is 18.0 Å². The lowest BCUT2D eigenvalue weighted by atomic mass is 9.88. The Bertz CT molecular complexity index is 1680. The van der Waals surface area contributed by atoms with Crippen molar-refractivity contribution in [3.8, 4) is 6.07 Å². The van der Waals surface area contributed by atoms with Gasteiger partial charge in [0, 0.05) is 32.2 Å². The smallest absolute Gasteiger partial charge is 0.252 e. The zero-order valence-electron chi connectivity index (χ0n) is 22.4. The Hall–Kier alpha value is -4.62. The Balaban J connectivity index is 1.50. The first-order valence-electron chi connectivity index (χ1n) is 13.5. The summed E-state index contributed by atoms with van der Waals surface area (Å²) in [6.45, 7) is 0.801. The van der Waals surface area contributed by atoms with Crippen LogP contribution in [0.4, 0.5) is 14.5 Å². The first-order chi connectivity index (χ1) is 19.8. The molecular formula is C31H28F2N6O2. The predicted molar refractivity (Wildman–Crippen MR) is 150 cm³/mol. The number of nitrogens with two attached hydrogens (primary N) is 1. The number of nitrogens with zero attached hydrogens (tertiary/aromatic N) is 5. The van der Waals surface area contributed by atoms with E-state index >= 15 is 0 Å². The lowest BCUT2D eigenvalue weighted by molar-refractivity contribution is -0.122. The van der Waals surface area contributed by atoms with Crippen LogP contribution >= 0.6 is 0 Å². The summed E-state index contributed by atoms with van der Waals surface area (Å²) in [4.78, 5) is 34.9. The highest BCUT2D eigenvalue weighted by Gasteiger charge is 2.50. The van der Waals surface area contributed by atoms with E-state index in [0.717, 1.165) is 24.0 Å². The molecule has 2 aromatic heterocycles. The van der Waals surface area contributed by atoms with Crippen LogP contribution in [-0.4, -0.2) is 45.5 Å². The Kier molecular flexibility index (Phi) is 6.75. The molecule has 2 aromatic carbocycles. The molecule has 8 nitrogen and oxygen atoms in total. The van der Waals surface area contributed by atoms with Gasteiger partial charge in [0.05, 0.1) is 17.2 Å². The van der Waals surface area contributed by atoms with Crippen molar-refractivity contribution in [2.45, 2.75) is 31.0 Å². The van der Waals surface area contributed by atoms with E-state index in [-0.39, 0.29) is 34.8 Å². The molecule has 208 valence electrons. The molecule has 2 fully saturated rings. The number of benzene rings is 2. The SMILES string of the molecule is Cn1c(=O)cc(N2CCN(C(c3ccc(F)cc3)c3ccc(F)cc3)C(C3CC3)C2C(N)=O)c2nc(C#N)ccc21. The maximum absolute atomic E-state index is 13.9. The molecule has 2 N–H and O–H groups in total. The predicted octanol–water partition coefficient (Wildman–Crippen LogP) is 3.63. The molecule has 41 heavy (non-hydrogen) atoms. The fourth-order valence-electron chi connectivity index (χ4n) is 6.20. The number of primary amides is 1. The molecule has 4 aromatic rings. The maximum atomic E-state index is 13.9. The number of piperazine rings is 1. The number of hydrogen-bond donors (Lipinski definition) is 1. The van der Waals surface area contributed by atoms with Crippen LogP contribution in [0.15, 0.2) is 71.5 Å². The number of hydrogen-bond acceptors (Lipinski definition) is 6. The quantitative estimate of drug-likeness (QED) is 0.390. The van der Waals surface area contributed by atoms with Gasteiger partial charge in [-0.2, -0.15) is 5.26 Å². The number of aryl methyl sites for hydroxylation is 1. The minimum Gasteiger partial charge on any atom is -0.368 e. The second-order valence-electron chi connectivity index (χ2n) is 10.7. The number of fused-ring (bicyclic) bond motifs is 1. The van der Waals surface area contributed by atoms with Crippen molar-refractivity contribution >= 4 is 22.6 Å². The first kappa shape index (κ1) is 26.6. The van der Waals surface area contributed by atoms with Crippen molar-refractivity contribution in [2.24, 2.45) is 18.7 Å². The van der Waals surface area contributed by atoms with E-state index in [1.165, 1.54) is 34.9 Å². The van der Waals surface area contributed by atoms with Crippen LogP contribution in [0, 0.1) is 28.9 Å². The van der Waals surface area contributed by atoms with Gasteiger partial charge in [-0.05, 0) is 66.3 Å². The minimum atomic E-state index is -0.817. The number of carbonyl (C=O) groups is 1. The van der Waals surface area contributed by atoms with Gasteiger partial charge in [0.25, 0.3) is 5.56 Å². The van der Waals surface area contributed by atoms with Gasteiger partial charge in [-0.3, -0.25) is 14.5 Å². The Morgan fingerprint density at radius 2 is 1.61 bits per heavy atom. The van der Waals surface area contributed by atoms with Gasteiger partial charge in [-0.15, -0.1) is 0 Å². The zero-order valence-corrected chi connectivity index (χ0v) is 22.4. The fourth-order valence-corrected chi connectivity index (χ4v) is 6.20. The average molecular weight is 555 g/mol. The standard InChI is InChI=1S/C31H28F2N6O2/c1-37-24-13-12-23(17-34)36-27(24)25(16-26(37)40)38-14-15-39(29(20-2-3-20)30(38)31(35)41)28(18-4-8-21(32)9-5-18)19-6-10-22(33)11-7-19/h4-13,16,20,28-30H,2-3,14-15H2,1H3,(H2,35,41). The van der Waals surface area contributed by atoms with Crippen molar-refractivity contribution in [3.05, 3.63) is 106 Å². The average Bonchev–Trinajstić information content (AvgIpc) is 3.82. The molecule has 1 aliphatic heterocycles. The van der Waals surface area contributed by atoms with Gasteiger partial charge in [0.2, 0.25) is 5.91 Å². The van der Waals surface area contributed by atoms with Crippen LogP contribution in [0.3, 0.4) is 0 Å². The molecule has 2 aliphatic rings. The lowest BCUT2D eigenvalue weighted by Gasteiger charge is -2.50. The third-order valence-corrected chi connectivity index (χ3v) is 8.23. The summed E-state index contributed by atoms with van der Waals surface area (Å²) in [6, 6.07) is 17.6. The van der Waals surface area contributed by atoms with Crippen molar-refractivity contribution < 1.29 is 13.6 Å². The van der Waals surface area contributed by atoms with Crippen LogP contribution < -0.4 is 16.2 Å². The molecule has 0 bridgehead atoms. The molecular weight excluding hydrogens is 526 g/mol. The lowest BCUT2D eigenvalue weighted by Crippen LogP contribution is -2.65. The van der Waals surface area contributed by atoms with E-state index in [0.29, 0.717) is 29.8 Å². The van der Waals surface area contributed by atoms with E-state index < -0.39 is 18.0 Å². The molecule has 1 aliphatic carbocycles. The summed E-state index contributed by atoms with van der Waals surface area (Å²) in [7, 11) is 1.63. The van der Waals surface area contributed by atoms with Gasteiger partial charge in [-0.25, -0.2) is 13.8 Å². The van der Waals surface area contributed by atoms with Gasteiger partial charge in [0.1, 0.15) is 35.0 Å². The second-order valence-corrected chi connectivity index (χ2v) is 10.7. The van der Waals surface area contributed by atoms with Crippen LogP contribution in [0.1, 0.15) is 35.7 Å². The zero-order chi connectivity index (χ0) is 28.8. The largest absolute Gasteiger partial charge is 0.368 e. The minimum absolute atomic E-state index is 0.152. The molecule has 1 saturated heterocycles. The van der Waals surface area contributed by atoms with Crippen molar-refractivity contribution in [1.82, 2.24) is 14.5 Å². The molecule has 0 spiro atoms. The maximum Gasteiger partial charge on any atom is 0.252 e. The summed E-state index contributed by atoms with van der Waals surface area (Å²) >= 11 is 0. The molecule has 1 saturated carbocycles. The summed E-state index contributed by atoms with van der Waals surface area (Å²) in [5.74, 6) is -1.13. The summed E-state index contributed by atoms with van der Waals surface area (Å²) in [6.07, 6.45) is 1.79. The molecule has 2 unspecified atom stereocenters. The molecule has 6 rings (SSSR count). The van der Waals surface area contributed by atoms with Gasteiger partial charge >= 0.3 is 0 Å². The highest BCUT2D eigenvalue weighted by atomic mass is 19.1. The Morgan fingerprint density at radius 3 is 2.15 bits per heavy atom. The van der Waals surface area contributed by atoms with Crippen LogP contribution in [-0.2, 0) is 11.8 Å². The van der Waals surface area contributed by atoms with E-state index in [1.807, 2.05) is 4.90 Å². The number of halogens is 2. The first-order valence-corrected chi connectivity index (χ1v) is 13.5. The third-order valence-electron chi connectivity index (χ3n) is 8.23. The summed E-state index contributed by atoms with van der Waals surface area (Å²) < 4.78 is 29.3. The van der Waals surface area contributed by atoms with Crippen molar-refractivity contribution in [1.29, 1.82) is 5.26 Å². The van der Waals surface area contributed by atoms with Crippen LogP contribution in [0.25, 0.3) is 11.0 Å². The number of anilines is 1. The highest BCUT2D eigenvalue weighted by molar-refractivity contribution is 5.93. The van der Waals surface area contributed by atoms with Gasteiger partial charge in [0.15, 0.2) is 0 Å². The van der Waals surface area contributed by atoms with E-state index in [2.05, 4.69) is 16.0 Å². The summed E-state index contributed by atoms with van der Waals surface area (Å²) in [5, 5.41) is 9.51. The second kappa shape index (κ2) is 10.4. The van der Waals surface area contributed by atoms with E-state index in [4.69, 9.17) is 5.73 Å². The molecule has 3 heterocycles. The third kappa shape index (κ3) is 4.83. The number of carbonyl (C=O) groups excluding carboxylic acids is 1. The number of nitriles is 1. The van der Waals surface area contributed by atoms with E-state index in [9.17, 15) is 23.6 Å². The van der Waals surface area contributed by atoms with E-state index in [1.54, 1.807) is 43.4 Å². The van der Waals surface area contributed by atoms with Crippen LogP contribution in [0.2, 0.25) is 0 Å². The number of pyridine rings is 2. The fraction of sp³-hybridized carbons (Fsp3) is 0.290. The van der Waals surface area contributed by atoms with Gasteiger partial charge in [-0.1, -0.05) is 24.3 Å². The highest BCUT2D eigenvalue weighted by Crippen LogP contribution is 2.45. The Morgan fingerprint density at radius 1 is 1.00 bits per heavy atom. The van der Waals surface area contributed by atoms with Crippen molar-refractivity contribution in [3.63, 3.8) is 0 Å². The van der Waals surface area contributed by atoms with Crippen LogP contribution in [0.5, 0.6) is 0 Å². The monoisotopic (exact) mass is 554 g/mol. The molecule has 0 radical (unpaired) electrons. The molecule has 10 heteroatoms. The number of rotatable bonds is 6.